The first-order valence-corrected chi connectivity index (χ1v) is 6.15. The van der Waals surface area contributed by atoms with E-state index in [1.54, 1.807) is 13.8 Å². The minimum Gasteiger partial charge on any atom is -0.222 e. The molecule has 0 saturated heterocycles. The van der Waals surface area contributed by atoms with E-state index in [0.29, 0.717) is 0 Å². The van der Waals surface area contributed by atoms with E-state index >= 15 is 0 Å². The Balaban J connectivity index is 3.17. The standard InChI is InChI=1S/C8H11ClN2O2S/c1-6-3-8(11-10-5-6)14(12,13)7(2)4-9/h3,5,7H,4H2,1-2H3. The molecule has 1 aromatic rings. The van der Waals surface area contributed by atoms with Crippen molar-refractivity contribution in [2.45, 2.75) is 24.1 Å². The molecule has 1 unspecified atom stereocenters. The zero-order valence-electron chi connectivity index (χ0n) is 7.94. The van der Waals surface area contributed by atoms with Gasteiger partial charge in [-0.25, -0.2) is 8.42 Å². The highest BCUT2D eigenvalue weighted by Crippen LogP contribution is 2.14. The van der Waals surface area contributed by atoms with E-state index in [-0.39, 0.29) is 10.9 Å². The van der Waals surface area contributed by atoms with E-state index in [0.717, 1.165) is 5.56 Å². The average molecular weight is 235 g/mol. The van der Waals surface area contributed by atoms with E-state index in [4.69, 9.17) is 11.6 Å². The zero-order chi connectivity index (χ0) is 10.8. The molecular weight excluding hydrogens is 224 g/mol. The van der Waals surface area contributed by atoms with Crippen LogP contribution in [0.4, 0.5) is 0 Å². The van der Waals surface area contributed by atoms with Gasteiger partial charge in [0.2, 0.25) is 9.84 Å². The summed E-state index contributed by atoms with van der Waals surface area (Å²) in [4.78, 5) is 0. The topological polar surface area (TPSA) is 59.9 Å². The van der Waals surface area contributed by atoms with Gasteiger partial charge in [-0.3, -0.25) is 0 Å². The number of hydrogen-bond acceptors (Lipinski definition) is 4. The van der Waals surface area contributed by atoms with Gasteiger partial charge in [-0.1, -0.05) is 0 Å². The van der Waals surface area contributed by atoms with Crippen molar-refractivity contribution < 1.29 is 8.42 Å². The third kappa shape index (κ3) is 2.22. The van der Waals surface area contributed by atoms with Gasteiger partial charge in [-0.2, -0.15) is 5.10 Å². The average Bonchev–Trinajstić information content (AvgIpc) is 2.16. The van der Waals surface area contributed by atoms with Crippen molar-refractivity contribution in [3.8, 4) is 0 Å². The molecule has 1 aromatic heterocycles. The molecule has 1 rings (SSSR count). The minimum absolute atomic E-state index is 0.00866. The van der Waals surface area contributed by atoms with Gasteiger partial charge in [0.1, 0.15) is 0 Å². The third-order valence-corrected chi connectivity index (χ3v) is 4.46. The molecule has 0 aliphatic heterocycles. The molecule has 0 aliphatic rings. The molecule has 0 aromatic carbocycles. The number of aryl methyl sites for hydroxylation is 1. The summed E-state index contributed by atoms with van der Waals surface area (Å²) < 4.78 is 23.5. The number of hydrogen-bond donors (Lipinski definition) is 0. The summed E-state index contributed by atoms with van der Waals surface area (Å²) >= 11 is 5.50. The molecule has 0 amide bonds. The molecule has 1 atom stereocenters. The van der Waals surface area contributed by atoms with Crippen molar-refractivity contribution in [3.05, 3.63) is 17.8 Å². The maximum absolute atomic E-state index is 11.7. The van der Waals surface area contributed by atoms with Gasteiger partial charge >= 0.3 is 0 Å². The number of halogens is 1. The van der Waals surface area contributed by atoms with Crippen LogP contribution < -0.4 is 0 Å². The van der Waals surface area contributed by atoms with Crippen LogP contribution in [0.5, 0.6) is 0 Å². The minimum atomic E-state index is -3.42. The van der Waals surface area contributed by atoms with Crippen LogP contribution in [0.15, 0.2) is 17.3 Å². The van der Waals surface area contributed by atoms with Crippen molar-refractivity contribution in [2.24, 2.45) is 0 Å². The van der Waals surface area contributed by atoms with Crippen molar-refractivity contribution in [1.29, 1.82) is 0 Å². The van der Waals surface area contributed by atoms with Gasteiger partial charge in [0.05, 0.1) is 11.4 Å². The molecule has 78 valence electrons. The number of alkyl halides is 1. The van der Waals surface area contributed by atoms with Crippen LogP contribution >= 0.6 is 11.6 Å². The van der Waals surface area contributed by atoms with Gasteiger partial charge < -0.3 is 0 Å². The fraction of sp³-hybridized carbons (Fsp3) is 0.500. The van der Waals surface area contributed by atoms with Crippen molar-refractivity contribution in [3.63, 3.8) is 0 Å². The van der Waals surface area contributed by atoms with E-state index in [2.05, 4.69) is 10.2 Å². The lowest BCUT2D eigenvalue weighted by molar-refractivity contribution is 0.581. The van der Waals surface area contributed by atoms with Gasteiger partial charge in [-0.05, 0) is 25.5 Å². The van der Waals surface area contributed by atoms with Gasteiger partial charge in [0, 0.05) is 5.88 Å². The second-order valence-electron chi connectivity index (χ2n) is 3.08. The lowest BCUT2D eigenvalue weighted by atomic mass is 10.4. The molecule has 0 bridgehead atoms. The highest BCUT2D eigenvalue weighted by Gasteiger charge is 2.24. The highest BCUT2D eigenvalue weighted by molar-refractivity contribution is 7.92. The van der Waals surface area contributed by atoms with Crippen LogP contribution in [-0.2, 0) is 9.84 Å². The summed E-state index contributed by atoms with van der Waals surface area (Å²) in [6, 6.07) is 1.49. The van der Waals surface area contributed by atoms with E-state index < -0.39 is 15.1 Å². The molecule has 0 N–H and O–H groups in total. The number of aromatic nitrogens is 2. The Bertz CT molecular complexity index is 419. The molecule has 1 heterocycles. The van der Waals surface area contributed by atoms with Crippen LogP contribution in [0.3, 0.4) is 0 Å². The molecule has 0 aliphatic carbocycles. The smallest absolute Gasteiger partial charge is 0.201 e. The molecule has 0 fully saturated rings. The van der Waals surface area contributed by atoms with Crippen molar-refractivity contribution in [2.75, 3.05) is 5.88 Å². The molecule has 14 heavy (non-hydrogen) atoms. The molecular formula is C8H11ClN2O2S. The number of sulfone groups is 1. The SMILES string of the molecule is Cc1cnnc(S(=O)(=O)C(C)CCl)c1. The lowest BCUT2D eigenvalue weighted by Crippen LogP contribution is -2.21. The second-order valence-corrected chi connectivity index (χ2v) is 5.70. The third-order valence-electron chi connectivity index (χ3n) is 1.81. The predicted octanol–water partition coefficient (Wildman–Crippen LogP) is 1.19. The first kappa shape index (κ1) is 11.4. The molecule has 4 nitrogen and oxygen atoms in total. The van der Waals surface area contributed by atoms with Crippen LogP contribution in [-0.4, -0.2) is 29.7 Å². The fourth-order valence-electron chi connectivity index (χ4n) is 0.866. The van der Waals surface area contributed by atoms with Gasteiger partial charge in [-0.15, -0.1) is 16.7 Å². The van der Waals surface area contributed by atoms with Crippen LogP contribution in [0.25, 0.3) is 0 Å². The highest BCUT2D eigenvalue weighted by atomic mass is 35.5. The van der Waals surface area contributed by atoms with Gasteiger partial charge in [0.25, 0.3) is 0 Å². The predicted molar refractivity (Wildman–Crippen MR) is 54.1 cm³/mol. The lowest BCUT2D eigenvalue weighted by Gasteiger charge is -2.07. The normalized spacial score (nSPS) is 13.9. The maximum Gasteiger partial charge on any atom is 0.201 e. The number of rotatable bonds is 3. The maximum atomic E-state index is 11.7. The molecule has 0 saturated carbocycles. The summed E-state index contributed by atoms with van der Waals surface area (Å²) in [6.45, 7) is 3.31. The van der Waals surface area contributed by atoms with Crippen LogP contribution in [0.1, 0.15) is 12.5 Å². The second kappa shape index (κ2) is 4.23. The summed E-state index contributed by atoms with van der Waals surface area (Å²) in [5.74, 6) is 0.0535. The van der Waals surface area contributed by atoms with Gasteiger partial charge in [0.15, 0.2) is 5.03 Å². The first-order chi connectivity index (χ1) is 6.48. The fourth-order valence-corrected chi connectivity index (χ4v) is 2.45. The van der Waals surface area contributed by atoms with E-state index in [9.17, 15) is 8.42 Å². The van der Waals surface area contributed by atoms with Crippen molar-refractivity contribution >= 4 is 21.4 Å². The Kier molecular flexibility index (Phi) is 3.44. The Morgan fingerprint density at radius 3 is 2.71 bits per heavy atom. The summed E-state index contributed by atoms with van der Waals surface area (Å²) in [7, 11) is -3.42. The summed E-state index contributed by atoms with van der Waals surface area (Å²) in [6.07, 6.45) is 1.50. The Morgan fingerprint density at radius 2 is 2.21 bits per heavy atom. The summed E-state index contributed by atoms with van der Waals surface area (Å²) in [5, 5.41) is 6.53. The molecule has 0 radical (unpaired) electrons. The van der Waals surface area contributed by atoms with E-state index in [1.165, 1.54) is 12.3 Å². The van der Waals surface area contributed by atoms with Crippen LogP contribution in [0.2, 0.25) is 0 Å². The molecule has 6 heteroatoms. The van der Waals surface area contributed by atoms with Crippen molar-refractivity contribution in [1.82, 2.24) is 10.2 Å². The quantitative estimate of drug-likeness (QED) is 0.737. The molecule has 0 spiro atoms. The first-order valence-electron chi connectivity index (χ1n) is 4.07. The zero-order valence-corrected chi connectivity index (χ0v) is 9.51. The van der Waals surface area contributed by atoms with E-state index in [1.807, 2.05) is 0 Å². The Morgan fingerprint density at radius 1 is 1.57 bits per heavy atom. The van der Waals surface area contributed by atoms with Crippen LogP contribution in [0, 0.1) is 6.92 Å². The summed E-state index contributed by atoms with van der Waals surface area (Å²) in [5.41, 5.74) is 0.764. The Hall–Kier alpha value is -0.680. The largest absolute Gasteiger partial charge is 0.222 e. The monoisotopic (exact) mass is 234 g/mol. The Labute approximate surface area is 88.2 Å². The number of nitrogens with zero attached hydrogens (tertiary/aromatic N) is 2.